The minimum atomic E-state index is -0.119. The van der Waals surface area contributed by atoms with Crippen molar-refractivity contribution >= 4 is 17.1 Å². The number of fused-ring (bicyclic) bond motifs is 3. The molecule has 0 aliphatic heterocycles. The lowest BCUT2D eigenvalue weighted by molar-refractivity contribution is -0.0609. The van der Waals surface area contributed by atoms with Crippen molar-refractivity contribution in [3.8, 4) is 6.07 Å². The van der Waals surface area contributed by atoms with Crippen LogP contribution in [0.25, 0.3) is 17.1 Å². The fourth-order valence-corrected chi connectivity index (χ4v) is 6.65. The molecule has 2 unspecified atom stereocenters. The van der Waals surface area contributed by atoms with Gasteiger partial charge in [0.05, 0.1) is 34.4 Å². The van der Waals surface area contributed by atoms with Crippen LogP contribution in [0, 0.1) is 34.5 Å². The monoisotopic (exact) mass is 332 g/mol. The predicted molar refractivity (Wildman–Crippen MR) is 93.7 cm³/mol. The van der Waals surface area contributed by atoms with Gasteiger partial charge in [0, 0.05) is 18.0 Å². The third kappa shape index (κ3) is 1.67. The topological polar surface area (TPSA) is 74.5 Å². The summed E-state index contributed by atoms with van der Waals surface area (Å²) in [6.45, 7) is 0. The molecule has 0 amide bonds. The van der Waals surface area contributed by atoms with E-state index in [2.05, 4.69) is 28.2 Å². The molecule has 25 heavy (non-hydrogen) atoms. The summed E-state index contributed by atoms with van der Waals surface area (Å²) in [7, 11) is 0. The van der Waals surface area contributed by atoms with Gasteiger partial charge in [-0.15, -0.1) is 0 Å². The van der Waals surface area contributed by atoms with Crippen molar-refractivity contribution in [3.05, 3.63) is 34.0 Å². The average molecular weight is 332 g/mol. The van der Waals surface area contributed by atoms with Crippen LogP contribution < -0.4 is 5.69 Å². The summed E-state index contributed by atoms with van der Waals surface area (Å²) >= 11 is 0. The molecule has 2 aromatic rings. The predicted octanol–water partition coefficient (Wildman–Crippen LogP) is 3.18. The van der Waals surface area contributed by atoms with Crippen LogP contribution in [0.4, 0.5) is 0 Å². The number of pyridine rings is 1. The molecule has 2 aromatic heterocycles. The van der Waals surface area contributed by atoms with Gasteiger partial charge in [-0.3, -0.25) is 9.55 Å². The van der Waals surface area contributed by atoms with Crippen LogP contribution in [0.15, 0.2) is 17.1 Å². The van der Waals surface area contributed by atoms with E-state index in [9.17, 15) is 10.1 Å². The SMILES string of the molecule is N#CC12CC3CC(C1)C(n1c(=O)[nH]c4cnc5c(c41)C=CC5)C(C3)C2. The third-order valence-electron chi connectivity index (χ3n) is 7.23. The van der Waals surface area contributed by atoms with Crippen LogP contribution in [0.2, 0.25) is 0 Å². The molecular weight excluding hydrogens is 312 g/mol. The molecule has 4 saturated carbocycles. The van der Waals surface area contributed by atoms with Crippen LogP contribution >= 0.6 is 0 Å². The number of nitrogens with zero attached hydrogens (tertiary/aromatic N) is 3. The van der Waals surface area contributed by atoms with Crippen molar-refractivity contribution in [1.82, 2.24) is 14.5 Å². The fraction of sp³-hybridized carbons (Fsp3) is 0.550. The molecule has 5 heteroatoms. The Hall–Kier alpha value is -2.35. The van der Waals surface area contributed by atoms with Crippen LogP contribution in [0.3, 0.4) is 0 Å². The number of nitriles is 1. The van der Waals surface area contributed by atoms with E-state index in [1.54, 1.807) is 0 Å². The molecule has 7 rings (SSSR count). The van der Waals surface area contributed by atoms with Crippen LogP contribution in [-0.2, 0) is 6.42 Å². The van der Waals surface area contributed by atoms with E-state index in [1.165, 1.54) is 12.8 Å². The van der Waals surface area contributed by atoms with Gasteiger partial charge in [-0.25, -0.2) is 4.79 Å². The molecule has 0 saturated heterocycles. The maximum Gasteiger partial charge on any atom is 0.326 e. The zero-order valence-electron chi connectivity index (χ0n) is 14.0. The fourth-order valence-electron chi connectivity index (χ4n) is 6.65. The highest BCUT2D eigenvalue weighted by molar-refractivity contribution is 5.87. The molecule has 4 bridgehead atoms. The van der Waals surface area contributed by atoms with E-state index in [1.807, 2.05) is 10.8 Å². The number of nitrogens with one attached hydrogen (secondary N) is 1. The Labute approximate surface area is 145 Å². The second-order valence-corrected chi connectivity index (χ2v) is 8.64. The molecule has 5 nitrogen and oxygen atoms in total. The van der Waals surface area contributed by atoms with Crippen molar-refractivity contribution in [2.45, 2.75) is 44.6 Å². The lowest BCUT2D eigenvalue weighted by Gasteiger charge is -2.57. The molecule has 4 fully saturated rings. The summed E-state index contributed by atoms with van der Waals surface area (Å²) in [4.78, 5) is 20.5. The minimum Gasteiger partial charge on any atom is -0.304 e. The van der Waals surface area contributed by atoms with Gasteiger partial charge in [-0.1, -0.05) is 12.2 Å². The summed E-state index contributed by atoms with van der Waals surface area (Å²) in [6, 6.07) is 2.89. The lowest BCUT2D eigenvalue weighted by Crippen LogP contribution is -2.52. The number of aromatic nitrogens is 3. The highest BCUT2D eigenvalue weighted by atomic mass is 16.1. The molecule has 0 spiro atoms. The molecule has 2 atom stereocenters. The lowest BCUT2D eigenvalue weighted by atomic mass is 9.48. The molecule has 126 valence electrons. The van der Waals surface area contributed by atoms with Crippen molar-refractivity contribution in [3.63, 3.8) is 0 Å². The Morgan fingerprint density at radius 3 is 2.84 bits per heavy atom. The minimum absolute atomic E-state index is 0.00557. The van der Waals surface area contributed by atoms with E-state index in [-0.39, 0.29) is 17.1 Å². The number of H-pyrrole nitrogens is 1. The first kappa shape index (κ1) is 13.9. The molecule has 5 aliphatic rings. The Kier molecular flexibility index (Phi) is 2.46. The Balaban J connectivity index is 1.57. The Bertz CT molecular complexity index is 1020. The largest absolute Gasteiger partial charge is 0.326 e. The van der Waals surface area contributed by atoms with E-state index in [4.69, 9.17) is 0 Å². The summed E-state index contributed by atoms with van der Waals surface area (Å²) in [5.74, 6) is 1.59. The number of allylic oxidation sites excluding steroid dienone is 1. The number of aromatic amines is 1. The van der Waals surface area contributed by atoms with Crippen LogP contribution in [0.1, 0.15) is 49.4 Å². The average Bonchev–Trinajstić information content (AvgIpc) is 3.18. The Morgan fingerprint density at radius 2 is 2.08 bits per heavy atom. The first-order chi connectivity index (χ1) is 12.2. The van der Waals surface area contributed by atoms with Gasteiger partial charge in [0.15, 0.2) is 0 Å². The summed E-state index contributed by atoms with van der Waals surface area (Å²) < 4.78 is 2.05. The summed E-state index contributed by atoms with van der Waals surface area (Å²) in [6.07, 6.45) is 12.2. The first-order valence-corrected chi connectivity index (χ1v) is 9.37. The van der Waals surface area contributed by atoms with Crippen molar-refractivity contribution in [2.24, 2.45) is 23.2 Å². The second kappa shape index (κ2) is 4.43. The van der Waals surface area contributed by atoms with Crippen LogP contribution in [0.5, 0.6) is 0 Å². The highest BCUT2D eigenvalue weighted by Gasteiger charge is 2.56. The highest BCUT2D eigenvalue weighted by Crippen LogP contribution is 2.63. The maximum atomic E-state index is 12.9. The van der Waals surface area contributed by atoms with Gasteiger partial charge in [0.2, 0.25) is 0 Å². The van der Waals surface area contributed by atoms with E-state index >= 15 is 0 Å². The molecule has 5 aliphatic carbocycles. The zero-order chi connectivity index (χ0) is 16.8. The zero-order valence-corrected chi connectivity index (χ0v) is 14.0. The maximum absolute atomic E-state index is 12.9. The number of rotatable bonds is 1. The molecule has 0 radical (unpaired) electrons. The van der Waals surface area contributed by atoms with Gasteiger partial charge < -0.3 is 4.98 Å². The normalized spacial score (nSPS) is 37.6. The quantitative estimate of drug-likeness (QED) is 0.871. The number of imidazole rings is 1. The van der Waals surface area contributed by atoms with Crippen LogP contribution in [-0.4, -0.2) is 14.5 Å². The molecule has 1 N–H and O–H groups in total. The number of hydrogen-bond acceptors (Lipinski definition) is 3. The molecular formula is C20H20N4O. The van der Waals surface area contributed by atoms with E-state index < -0.39 is 0 Å². The van der Waals surface area contributed by atoms with Gasteiger partial charge in [0.25, 0.3) is 0 Å². The van der Waals surface area contributed by atoms with Gasteiger partial charge in [-0.05, 0) is 49.9 Å². The van der Waals surface area contributed by atoms with E-state index in [0.717, 1.165) is 48.0 Å². The van der Waals surface area contributed by atoms with Crippen molar-refractivity contribution < 1.29 is 0 Å². The van der Waals surface area contributed by atoms with Gasteiger partial charge >= 0.3 is 5.69 Å². The van der Waals surface area contributed by atoms with Gasteiger partial charge in [0.1, 0.15) is 0 Å². The third-order valence-corrected chi connectivity index (χ3v) is 7.23. The van der Waals surface area contributed by atoms with Gasteiger partial charge in [-0.2, -0.15) is 5.26 Å². The standard InChI is InChI=1S/C20H20N4O/c21-10-20-6-11-4-12(7-20)17(13(5-11)8-20)24-18-14-2-1-3-15(14)22-9-16(18)23-19(24)25/h1-2,9,11-13,17H,3-8H2,(H,23,25). The summed E-state index contributed by atoms with van der Waals surface area (Å²) in [5.41, 5.74) is 3.93. The first-order valence-electron chi connectivity index (χ1n) is 9.37. The molecule has 2 heterocycles. The smallest absolute Gasteiger partial charge is 0.304 e. The van der Waals surface area contributed by atoms with Crippen molar-refractivity contribution in [1.29, 1.82) is 5.26 Å². The summed E-state index contributed by atoms with van der Waals surface area (Å²) in [5, 5.41) is 9.76. The second-order valence-electron chi connectivity index (χ2n) is 8.64. The van der Waals surface area contributed by atoms with Crippen molar-refractivity contribution in [2.75, 3.05) is 0 Å². The molecule has 0 aromatic carbocycles. The number of hydrogen-bond donors (Lipinski definition) is 1. The Morgan fingerprint density at radius 1 is 1.28 bits per heavy atom. The van der Waals surface area contributed by atoms with E-state index in [0.29, 0.717) is 17.8 Å².